The van der Waals surface area contributed by atoms with Crippen molar-refractivity contribution in [2.75, 3.05) is 24.7 Å². The molecule has 0 aromatic carbocycles. The Bertz CT molecular complexity index is 414. The number of anilines is 1. The minimum absolute atomic E-state index is 0.0966. The number of aromatic nitrogens is 1. The largest absolute Gasteiger partial charge is 0.370 e. The molecule has 0 aliphatic heterocycles. The van der Waals surface area contributed by atoms with Crippen LogP contribution in [0.5, 0.6) is 0 Å². The standard InChI is InChI=1S/C12H18BrN3OS/c1-4-14-11-10(5-9(13)7-15-11)12(17)16-6-8(2)18-3/h5,7-8H,4,6H2,1-3H3,(H,14,15)(H,16,17). The van der Waals surface area contributed by atoms with Crippen LogP contribution in [0.15, 0.2) is 16.7 Å². The van der Waals surface area contributed by atoms with Crippen molar-refractivity contribution >= 4 is 39.4 Å². The number of pyridine rings is 1. The summed E-state index contributed by atoms with van der Waals surface area (Å²) in [7, 11) is 0. The fourth-order valence-corrected chi connectivity index (χ4v) is 1.92. The summed E-state index contributed by atoms with van der Waals surface area (Å²) in [5.74, 6) is 0.524. The van der Waals surface area contributed by atoms with Gasteiger partial charge in [-0.15, -0.1) is 0 Å². The van der Waals surface area contributed by atoms with E-state index in [1.165, 1.54) is 0 Å². The van der Waals surface area contributed by atoms with Crippen molar-refractivity contribution in [3.05, 3.63) is 22.3 Å². The van der Waals surface area contributed by atoms with Crippen molar-refractivity contribution < 1.29 is 4.79 Å². The molecular formula is C12H18BrN3OS. The van der Waals surface area contributed by atoms with Crippen molar-refractivity contribution in [1.82, 2.24) is 10.3 Å². The second kappa shape index (κ2) is 7.63. The average Bonchev–Trinajstić information content (AvgIpc) is 2.37. The number of halogens is 1. The quantitative estimate of drug-likeness (QED) is 0.841. The molecule has 1 heterocycles. The molecule has 0 fully saturated rings. The molecule has 0 spiro atoms. The van der Waals surface area contributed by atoms with Crippen LogP contribution >= 0.6 is 27.7 Å². The first kappa shape index (κ1) is 15.3. The van der Waals surface area contributed by atoms with Gasteiger partial charge in [-0.2, -0.15) is 11.8 Å². The number of thioether (sulfide) groups is 1. The summed E-state index contributed by atoms with van der Waals surface area (Å²) in [5, 5.41) is 6.40. The summed E-state index contributed by atoms with van der Waals surface area (Å²) in [5.41, 5.74) is 0.569. The van der Waals surface area contributed by atoms with Crippen molar-refractivity contribution in [2.45, 2.75) is 19.1 Å². The van der Waals surface area contributed by atoms with Crippen LogP contribution in [0.1, 0.15) is 24.2 Å². The van der Waals surface area contributed by atoms with E-state index in [-0.39, 0.29) is 5.91 Å². The Kier molecular flexibility index (Phi) is 6.49. The summed E-state index contributed by atoms with van der Waals surface area (Å²) in [6.45, 7) is 5.44. The second-order valence-corrected chi connectivity index (χ2v) is 6.03. The molecule has 1 aromatic rings. The van der Waals surface area contributed by atoms with Gasteiger partial charge in [-0.3, -0.25) is 4.79 Å². The van der Waals surface area contributed by atoms with E-state index in [1.54, 1.807) is 24.0 Å². The lowest BCUT2D eigenvalue weighted by Gasteiger charge is -2.12. The molecule has 4 nitrogen and oxygen atoms in total. The van der Waals surface area contributed by atoms with Crippen LogP contribution in [0.2, 0.25) is 0 Å². The molecule has 2 N–H and O–H groups in total. The van der Waals surface area contributed by atoms with E-state index >= 15 is 0 Å². The maximum Gasteiger partial charge on any atom is 0.255 e. The van der Waals surface area contributed by atoms with Gasteiger partial charge < -0.3 is 10.6 Å². The number of hydrogen-bond donors (Lipinski definition) is 2. The highest BCUT2D eigenvalue weighted by Gasteiger charge is 2.13. The van der Waals surface area contributed by atoms with Crippen LogP contribution in [-0.4, -0.2) is 35.5 Å². The monoisotopic (exact) mass is 331 g/mol. The Labute approximate surface area is 120 Å². The van der Waals surface area contributed by atoms with Crippen molar-refractivity contribution in [3.63, 3.8) is 0 Å². The molecular weight excluding hydrogens is 314 g/mol. The van der Waals surface area contributed by atoms with Gasteiger partial charge in [0.1, 0.15) is 5.82 Å². The minimum atomic E-state index is -0.0966. The Morgan fingerprint density at radius 3 is 2.94 bits per heavy atom. The van der Waals surface area contributed by atoms with E-state index in [1.807, 2.05) is 13.2 Å². The zero-order valence-electron chi connectivity index (χ0n) is 10.8. The molecule has 1 amide bonds. The topological polar surface area (TPSA) is 54.0 Å². The predicted octanol–water partition coefficient (Wildman–Crippen LogP) is 2.76. The zero-order chi connectivity index (χ0) is 13.5. The third kappa shape index (κ3) is 4.49. The maximum atomic E-state index is 12.1. The molecule has 6 heteroatoms. The SMILES string of the molecule is CCNc1ncc(Br)cc1C(=O)NCC(C)SC. The first-order valence-corrected chi connectivity index (χ1v) is 7.87. The number of carbonyl (C=O) groups is 1. The number of hydrogen-bond acceptors (Lipinski definition) is 4. The number of carbonyl (C=O) groups excluding carboxylic acids is 1. The molecule has 0 aliphatic rings. The van der Waals surface area contributed by atoms with Crippen molar-refractivity contribution in [1.29, 1.82) is 0 Å². The highest BCUT2D eigenvalue weighted by atomic mass is 79.9. The Morgan fingerprint density at radius 2 is 2.33 bits per heavy atom. The Morgan fingerprint density at radius 1 is 1.61 bits per heavy atom. The summed E-state index contributed by atoms with van der Waals surface area (Å²) in [6.07, 6.45) is 3.71. The fourth-order valence-electron chi connectivity index (χ4n) is 1.34. The van der Waals surface area contributed by atoms with E-state index in [0.29, 0.717) is 23.2 Å². The van der Waals surface area contributed by atoms with Crippen LogP contribution in [0.3, 0.4) is 0 Å². The lowest BCUT2D eigenvalue weighted by molar-refractivity contribution is 0.0954. The van der Waals surface area contributed by atoms with Gasteiger partial charge in [0, 0.05) is 29.0 Å². The molecule has 1 unspecified atom stereocenters. The molecule has 0 saturated carbocycles. The van der Waals surface area contributed by atoms with E-state index < -0.39 is 0 Å². The van der Waals surface area contributed by atoms with E-state index in [9.17, 15) is 4.79 Å². The average molecular weight is 332 g/mol. The highest BCUT2D eigenvalue weighted by molar-refractivity contribution is 9.10. The van der Waals surface area contributed by atoms with Gasteiger partial charge in [-0.05, 0) is 35.2 Å². The lowest BCUT2D eigenvalue weighted by Crippen LogP contribution is -2.30. The summed E-state index contributed by atoms with van der Waals surface area (Å²) < 4.78 is 0.798. The van der Waals surface area contributed by atoms with Crippen LogP contribution in [0, 0.1) is 0 Å². The van der Waals surface area contributed by atoms with Crippen molar-refractivity contribution in [3.8, 4) is 0 Å². The van der Waals surface area contributed by atoms with Crippen LogP contribution < -0.4 is 10.6 Å². The number of rotatable bonds is 6. The number of nitrogens with zero attached hydrogens (tertiary/aromatic N) is 1. The number of amides is 1. The third-order valence-corrected chi connectivity index (χ3v) is 3.80. The van der Waals surface area contributed by atoms with Gasteiger partial charge in [0.05, 0.1) is 5.56 Å². The van der Waals surface area contributed by atoms with Crippen LogP contribution in [0.4, 0.5) is 5.82 Å². The molecule has 0 radical (unpaired) electrons. The molecule has 100 valence electrons. The van der Waals surface area contributed by atoms with Gasteiger partial charge >= 0.3 is 0 Å². The lowest BCUT2D eigenvalue weighted by atomic mass is 10.2. The summed E-state index contributed by atoms with van der Waals surface area (Å²) in [6, 6.07) is 1.78. The molecule has 1 rings (SSSR count). The molecule has 1 atom stereocenters. The number of nitrogens with one attached hydrogen (secondary N) is 2. The van der Waals surface area contributed by atoms with E-state index in [2.05, 4.69) is 38.5 Å². The second-order valence-electron chi connectivity index (χ2n) is 3.84. The normalized spacial score (nSPS) is 12.0. The van der Waals surface area contributed by atoms with Gasteiger partial charge in [-0.1, -0.05) is 6.92 Å². The predicted molar refractivity (Wildman–Crippen MR) is 81.4 cm³/mol. The molecule has 1 aromatic heterocycles. The molecule has 0 bridgehead atoms. The Balaban J connectivity index is 2.79. The maximum absolute atomic E-state index is 12.1. The molecule has 18 heavy (non-hydrogen) atoms. The first-order chi connectivity index (χ1) is 8.58. The summed E-state index contributed by atoms with van der Waals surface area (Å²) in [4.78, 5) is 16.3. The first-order valence-electron chi connectivity index (χ1n) is 5.78. The van der Waals surface area contributed by atoms with Gasteiger partial charge in [0.25, 0.3) is 5.91 Å². The molecule has 0 aliphatic carbocycles. The van der Waals surface area contributed by atoms with Gasteiger partial charge in [-0.25, -0.2) is 4.98 Å². The van der Waals surface area contributed by atoms with Crippen molar-refractivity contribution in [2.24, 2.45) is 0 Å². The summed E-state index contributed by atoms with van der Waals surface area (Å²) >= 11 is 5.06. The fraction of sp³-hybridized carbons (Fsp3) is 0.500. The van der Waals surface area contributed by atoms with E-state index in [0.717, 1.165) is 11.0 Å². The van der Waals surface area contributed by atoms with Gasteiger partial charge in [0.2, 0.25) is 0 Å². The molecule has 0 saturated heterocycles. The highest BCUT2D eigenvalue weighted by Crippen LogP contribution is 2.18. The minimum Gasteiger partial charge on any atom is -0.370 e. The van der Waals surface area contributed by atoms with E-state index in [4.69, 9.17) is 0 Å². The van der Waals surface area contributed by atoms with Crippen LogP contribution in [0.25, 0.3) is 0 Å². The third-order valence-electron chi connectivity index (χ3n) is 2.40. The van der Waals surface area contributed by atoms with Crippen LogP contribution in [-0.2, 0) is 0 Å². The van der Waals surface area contributed by atoms with Gasteiger partial charge in [0.15, 0.2) is 0 Å². The zero-order valence-corrected chi connectivity index (χ0v) is 13.2. The Hall–Kier alpha value is -0.750. The smallest absolute Gasteiger partial charge is 0.255 e.